The maximum absolute atomic E-state index is 13.0. The number of benzene rings is 2. The lowest BCUT2D eigenvalue weighted by molar-refractivity contribution is -0.138. The fraction of sp³-hybridized carbons (Fsp3) is 0.263. The first kappa shape index (κ1) is 18.8. The molecule has 0 aromatic heterocycles. The average molecular weight is 378 g/mol. The second-order valence-corrected chi connectivity index (χ2v) is 6.28. The van der Waals surface area contributed by atoms with Crippen molar-refractivity contribution >= 4 is 17.5 Å². The van der Waals surface area contributed by atoms with E-state index in [-0.39, 0.29) is 29.7 Å². The van der Waals surface area contributed by atoms with E-state index in [1.54, 1.807) is 7.05 Å². The number of nitrogens with one attached hydrogen (secondary N) is 1. The molecule has 0 aliphatic carbocycles. The van der Waals surface area contributed by atoms with Gasteiger partial charge >= 0.3 is 6.18 Å². The number of rotatable bonds is 4. The molecular weight excluding hydrogens is 361 g/mol. The summed E-state index contributed by atoms with van der Waals surface area (Å²) < 4.78 is 44.4. The number of amides is 2. The first-order valence-electron chi connectivity index (χ1n) is 8.23. The smallest absolute Gasteiger partial charge is 0.419 e. The third-order valence-electron chi connectivity index (χ3n) is 4.25. The van der Waals surface area contributed by atoms with E-state index in [0.717, 1.165) is 6.07 Å². The minimum atomic E-state index is -4.52. The molecule has 1 N–H and O–H groups in total. The third-order valence-corrected chi connectivity index (χ3v) is 4.25. The first-order valence-corrected chi connectivity index (χ1v) is 8.23. The van der Waals surface area contributed by atoms with Crippen molar-refractivity contribution in [2.75, 3.05) is 18.9 Å². The number of para-hydroxylation sites is 1. The lowest BCUT2D eigenvalue weighted by Gasteiger charge is -2.14. The summed E-state index contributed by atoms with van der Waals surface area (Å²) in [5.41, 5.74) is -0.393. The van der Waals surface area contributed by atoms with Crippen LogP contribution in [0.3, 0.4) is 0 Å². The van der Waals surface area contributed by atoms with Crippen molar-refractivity contribution in [3.8, 4) is 11.5 Å². The van der Waals surface area contributed by atoms with Gasteiger partial charge in [0, 0.05) is 25.7 Å². The maximum Gasteiger partial charge on any atom is 0.419 e. The number of halogens is 3. The normalized spacial score (nSPS) is 17.1. The predicted molar refractivity (Wildman–Crippen MR) is 92.3 cm³/mol. The summed E-state index contributed by atoms with van der Waals surface area (Å²) in [6.07, 6.45) is -4.35. The van der Waals surface area contributed by atoms with Crippen LogP contribution in [-0.2, 0) is 15.8 Å². The molecule has 142 valence electrons. The molecule has 0 saturated carbocycles. The Balaban J connectivity index is 1.66. The maximum atomic E-state index is 13.0. The minimum absolute atomic E-state index is 0.0813. The Kier molecular flexibility index (Phi) is 5.07. The molecule has 0 unspecified atom stereocenters. The molecular formula is C19H17F3N2O3. The minimum Gasteiger partial charge on any atom is -0.457 e. The molecule has 2 aromatic carbocycles. The molecule has 5 nitrogen and oxygen atoms in total. The third kappa shape index (κ3) is 4.39. The van der Waals surface area contributed by atoms with Crippen LogP contribution in [-0.4, -0.2) is 30.3 Å². The van der Waals surface area contributed by atoms with Gasteiger partial charge in [-0.1, -0.05) is 12.1 Å². The van der Waals surface area contributed by atoms with E-state index in [9.17, 15) is 22.8 Å². The highest BCUT2D eigenvalue weighted by Crippen LogP contribution is 2.38. The number of likely N-dealkylation sites (tertiary alicyclic amines) is 1. The number of carbonyl (C=O) groups is 2. The second kappa shape index (κ2) is 7.30. The molecule has 1 aliphatic heterocycles. The van der Waals surface area contributed by atoms with Crippen molar-refractivity contribution in [1.82, 2.24) is 4.90 Å². The highest BCUT2D eigenvalue weighted by Gasteiger charge is 2.34. The lowest BCUT2D eigenvalue weighted by Crippen LogP contribution is -2.25. The van der Waals surface area contributed by atoms with Gasteiger partial charge in [-0.15, -0.1) is 0 Å². The number of alkyl halides is 3. The summed E-state index contributed by atoms with van der Waals surface area (Å²) in [7, 11) is 1.64. The van der Waals surface area contributed by atoms with Crippen molar-refractivity contribution in [1.29, 1.82) is 0 Å². The van der Waals surface area contributed by atoms with Gasteiger partial charge in [0.15, 0.2) is 0 Å². The van der Waals surface area contributed by atoms with Crippen LogP contribution in [0.15, 0.2) is 48.5 Å². The van der Waals surface area contributed by atoms with Crippen LogP contribution in [0.2, 0.25) is 0 Å². The molecule has 1 atom stereocenters. The van der Waals surface area contributed by atoms with E-state index in [1.165, 1.54) is 47.4 Å². The van der Waals surface area contributed by atoms with Crippen molar-refractivity contribution < 1.29 is 27.5 Å². The molecule has 0 bridgehead atoms. The molecule has 2 amide bonds. The largest absolute Gasteiger partial charge is 0.457 e. The first-order chi connectivity index (χ1) is 12.7. The van der Waals surface area contributed by atoms with Gasteiger partial charge in [-0.05, 0) is 36.4 Å². The zero-order valence-corrected chi connectivity index (χ0v) is 14.4. The van der Waals surface area contributed by atoms with Gasteiger partial charge in [-0.25, -0.2) is 0 Å². The summed E-state index contributed by atoms with van der Waals surface area (Å²) >= 11 is 0. The fourth-order valence-corrected chi connectivity index (χ4v) is 2.81. The van der Waals surface area contributed by atoms with E-state index >= 15 is 0 Å². The highest BCUT2D eigenvalue weighted by molar-refractivity contribution is 5.97. The van der Waals surface area contributed by atoms with Gasteiger partial charge < -0.3 is 15.0 Å². The number of anilines is 1. The Morgan fingerprint density at radius 1 is 1.15 bits per heavy atom. The zero-order chi connectivity index (χ0) is 19.6. The highest BCUT2D eigenvalue weighted by atomic mass is 19.4. The number of hydrogen-bond acceptors (Lipinski definition) is 3. The molecule has 3 rings (SSSR count). The summed E-state index contributed by atoms with van der Waals surface area (Å²) in [6.45, 7) is 0.361. The average Bonchev–Trinajstić information content (AvgIpc) is 2.95. The van der Waals surface area contributed by atoms with Gasteiger partial charge in [-0.2, -0.15) is 13.2 Å². The molecule has 8 heteroatoms. The number of ether oxygens (including phenoxy) is 1. The summed E-state index contributed by atoms with van der Waals surface area (Å²) in [5, 5.41) is 2.70. The molecule has 0 radical (unpaired) electrons. The Bertz CT molecular complexity index is 850. The summed E-state index contributed by atoms with van der Waals surface area (Å²) in [5.74, 6) is -0.863. The van der Waals surface area contributed by atoms with E-state index in [2.05, 4.69) is 5.32 Å². The van der Waals surface area contributed by atoms with Crippen molar-refractivity contribution in [2.45, 2.75) is 12.6 Å². The van der Waals surface area contributed by atoms with Gasteiger partial charge in [-0.3, -0.25) is 9.59 Å². The summed E-state index contributed by atoms with van der Waals surface area (Å²) in [4.78, 5) is 25.2. The van der Waals surface area contributed by atoms with Crippen LogP contribution in [0.25, 0.3) is 0 Å². The van der Waals surface area contributed by atoms with E-state index in [1.807, 2.05) is 0 Å². The number of carbonyl (C=O) groups excluding carboxylic acids is 2. The summed E-state index contributed by atoms with van der Waals surface area (Å²) in [6, 6.07) is 10.9. The fourth-order valence-electron chi connectivity index (χ4n) is 2.81. The van der Waals surface area contributed by atoms with Gasteiger partial charge in [0.1, 0.15) is 11.5 Å². The molecule has 0 spiro atoms. The quantitative estimate of drug-likeness (QED) is 0.878. The molecule has 2 aromatic rings. The second-order valence-electron chi connectivity index (χ2n) is 6.28. The predicted octanol–water partition coefficient (Wildman–Crippen LogP) is 3.91. The van der Waals surface area contributed by atoms with Crippen molar-refractivity contribution in [3.63, 3.8) is 0 Å². The van der Waals surface area contributed by atoms with Crippen LogP contribution in [0.4, 0.5) is 18.9 Å². The van der Waals surface area contributed by atoms with Crippen molar-refractivity contribution in [2.24, 2.45) is 5.92 Å². The van der Waals surface area contributed by atoms with Crippen LogP contribution in [0.5, 0.6) is 11.5 Å². The SMILES string of the molecule is CN1C[C@@H](C(=O)Nc2ccc(Oc3ccccc3C(F)(F)F)cc2)CC1=O. The number of hydrogen-bond donors (Lipinski definition) is 1. The standard InChI is InChI=1S/C19H17F3N2O3/c1-24-11-12(10-17(24)25)18(26)23-13-6-8-14(9-7-13)27-16-5-3-2-4-15(16)19(20,21)22/h2-9,12H,10-11H2,1H3,(H,23,26)/t12-/m0/s1. The molecule has 27 heavy (non-hydrogen) atoms. The van der Waals surface area contributed by atoms with Gasteiger partial charge in [0.25, 0.3) is 0 Å². The van der Waals surface area contributed by atoms with E-state index in [0.29, 0.717) is 12.2 Å². The lowest BCUT2D eigenvalue weighted by atomic mass is 10.1. The zero-order valence-electron chi connectivity index (χ0n) is 14.4. The Morgan fingerprint density at radius 3 is 2.41 bits per heavy atom. The molecule has 1 aliphatic rings. The van der Waals surface area contributed by atoms with Gasteiger partial charge in [0.2, 0.25) is 11.8 Å². The topological polar surface area (TPSA) is 58.6 Å². The molecule has 1 saturated heterocycles. The monoisotopic (exact) mass is 378 g/mol. The van der Waals surface area contributed by atoms with Crippen LogP contribution >= 0.6 is 0 Å². The van der Waals surface area contributed by atoms with Gasteiger partial charge in [0.05, 0.1) is 11.5 Å². The number of nitrogens with zero attached hydrogens (tertiary/aromatic N) is 1. The van der Waals surface area contributed by atoms with Crippen LogP contribution in [0.1, 0.15) is 12.0 Å². The van der Waals surface area contributed by atoms with Crippen LogP contribution in [0, 0.1) is 5.92 Å². The molecule has 1 fully saturated rings. The van der Waals surface area contributed by atoms with Crippen molar-refractivity contribution in [3.05, 3.63) is 54.1 Å². The van der Waals surface area contributed by atoms with E-state index < -0.39 is 17.7 Å². The molecule has 1 heterocycles. The Morgan fingerprint density at radius 2 is 1.81 bits per heavy atom. The Labute approximate surface area is 153 Å². The Hall–Kier alpha value is -3.03. The van der Waals surface area contributed by atoms with Crippen LogP contribution < -0.4 is 10.1 Å². The van der Waals surface area contributed by atoms with E-state index in [4.69, 9.17) is 4.74 Å².